The van der Waals surface area contributed by atoms with E-state index in [2.05, 4.69) is 18.8 Å². The number of aliphatic hydroxyl groups is 1. The van der Waals surface area contributed by atoms with Crippen LogP contribution in [-0.2, 0) is 9.47 Å². The van der Waals surface area contributed by atoms with Crippen LogP contribution in [0.5, 0.6) is 0 Å². The van der Waals surface area contributed by atoms with Gasteiger partial charge in [0.1, 0.15) is 0 Å². The van der Waals surface area contributed by atoms with Crippen molar-refractivity contribution in [3.63, 3.8) is 0 Å². The molecule has 0 heterocycles. The maximum absolute atomic E-state index is 9.57. The molecule has 0 aliphatic rings. The van der Waals surface area contributed by atoms with E-state index in [0.29, 0.717) is 39.0 Å². The molecule has 0 bridgehead atoms. The summed E-state index contributed by atoms with van der Waals surface area (Å²) in [6, 6.07) is 0.343. The summed E-state index contributed by atoms with van der Waals surface area (Å²) >= 11 is 0. The maximum Gasteiger partial charge on any atom is 0.0897 e. The highest BCUT2D eigenvalue weighted by Crippen LogP contribution is 1.92. The second-order valence-electron chi connectivity index (χ2n) is 3.76. The standard InChI is InChI=1S/C12H25NO3/c1-4-6-11(3)13-9-12(14)10-16-8-7-15-5-2/h4,11-14H,1,5-10H2,2-3H3. The predicted molar refractivity (Wildman–Crippen MR) is 65.6 cm³/mol. The first-order chi connectivity index (χ1) is 7.70. The van der Waals surface area contributed by atoms with E-state index in [4.69, 9.17) is 9.47 Å². The molecular formula is C12H25NO3. The van der Waals surface area contributed by atoms with Crippen molar-refractivity contribution in [3.05, 3.63) is 12.7 Å². The van der Waals surface area contributed by atoms with Crippen molar-refractivity contribution in [3.8, 4) is 0 Å². The third kappa shape index (κ3) is 10.1. The Balaban J connectivity index is 3.30. The predicted octanol–water partition coefficient (Wildman–Crippen LogP) is 0.955. The van der Waals surface area contributed by atoms with E-state index in [0.717, 1.165) is 6.42 Å². The summed E-state index contributed by atoms with van der Waals surface area (Å²) in [6.07, 6.45) is 2.30. The van der Waals surface area contributed by atoms with Gasteiger partial charge in [0, 0.05) is 19.2 Å². The molecule has 0 saturated heterocycles. The molecule has 0 fully saturated rings. The monoisotopic (exact) mass is 231 g/mol. The average molecular weight is 231 g/mol. The molecule has 0 radical (unpaired) electrons. The van der Waals surface area contributed by atoms with Crippen LogP contribution in [-0.4, -0.2) is 50.2 Å². The van der Waals surface area contributed by atoms with Gasteiger partial charge in [-0.3, -0.25) is 0 Å². The topological polar surface area (TPSA) is 50.7 Å². The first-order valence-electron chi connectivity index (χ1n) is 5.88. The highest BCUT2D eigenvalue weighted by molar-refractivity contribution is 4.75. The molecule has 4 nitrogen and oxygen atoms in total. The van der Waals surface area contributed by atoms with Crippen molar-refractivity contribution in [1.29, 1.82) is 0 Å². The Labute approximate surface area is 98.6 Å². The van der Waals surface area contributed by atoms with E-state index in [1.54, 1.807) is 0 Å². The minimum absolute atomic E-state index is 0.343. The van der Waals surface area contributed by atoms with E-state index in [1.807, 2.05) is 13.0 Å². The molecule has 2 N–H and O–H groups in total. The van der Waals surface area contributed by atoms with Crippen molar-refractivity contribution in [2.45, 2.75) is 32.4 Å². The van der Waals surface area contributed by atoms with E-state index < -0.39 is 6.10 Å². The van der Waals surface area contributed by atoms with Crippen LogP contribution in [0.4, 0.5) is 0 Å². The first-order valence-corrected chi connectivity index (χ1v) is 5.88. The zero-order chi connectivity index (χ0) is 12.2. The summed E-state index contributed by atoms with van der Waals surface area (Å²) in [7, 11) is 0. The summed E-state index contributed by atoms with van der Waals surface area (Å²) in [4.78, 5) is 0. The lowest BCUT2D eigenvalue weighted by Gasteiger charge is -2.16. The highest BCUT2D eigenvalue weighted by Gasteiger charge is 2.05. The van der Waals surface area contributed by atoms with Crippen molar-refractivity contribution in [1.82, 2.24) is 5.32 Å². The molecule has 0 rings (SSSR count). The Hall–Kier alpha value is -0.420. The molecule has 96 valence electrons. The Morgan fingerprint density at radius 1 is 1.38 bits per heavy atom. The van der Waals surface area contributed by atoms with Gasteiger partial charge in [-0.05, 0) is 20.3 Å². The van der Waals surface area contributed by atoms with E-state index in [-0.39, 0.29) is 0 Å². The quantitative estimate of drug-likeness (QED) is 0.411. The van der Waals surface area contributed by atoms with Gasteiger partial charge in [-0.15, -0.1) is 6.58 Å². The molecule has 2 unspecified atom stereocenters. The lowest BCUT2D eigenvalue weighted by Crippen LogP contribution is -2.35. The van der Waals surface area contributed by atoms with E-state index >= 15 is 0 Å². The van der Waals surface area contributed by atoms with E-state index in [9.17, 15) is 5.11 Å². The van der Waals surface area contributed by atoms with Crippen LogP contribution in [0.3, 0.4) is 0 Å². The fraction of sp³-hybridized carbons (Fsp3) is 0.833. The van der Waals surface area contributed by atoms with Gasteiger partial charge in [-0.1, -0.05) is 6.08 Å². The molecule has 2 atom stereocenters. The maximum atomic E-state index is 9.57. The van der Waals surface area contributed by atoms with E-state index in [1.165, 1.54) is 0 Å². The van der Waals surface area contributed by atoms with Crippen LogP contribution in [0.2, 0.25) is 0 Å². The number of ether oxygens (including phenoxy) is 2. The molecular weight excluding hydrogens is 206 g/mol. The smallest absolute Gasteiger partial charge is 0.0897 e. The van der Waals surface area contributed by atoms with Crippen LogP contribution in [0.1, 0.15) is 20.3 Å². The van der Waals surface area contributed by atoms with Crippen LogP contribution in [0.15, 0.2) is 12.7 Å². The molecule has 0 aromatic carbocycles. The Bertz CT molecular complexity index is 164. The average Bonchev–Trinajstić information content (AvgIpc) is 2.26. The minimum atomic E-state index is -0.464. The van der Waals surface area contributed by atoms with Gasteiger partial charge >= 0.3 is 0 Å². The number of rotatable bonds is 11. The molecule has 4 heteroatoms. The number of hydrogen-bond donors (Lipinski definition) is 2. The largest absolute Gasteiger partial charge is 0.389 e. The first kappa shape index (κ1) is 15.6. The third-order valence-electron chi connectivity index (χ3n) is 2.11. The lowest BCUT2D eigenvalue weighted by molar-refractivity contribution is 0.00590. The summed E-state index contributed by atoms with van der Waals surface area (Å²) in [6.45, 7) is 10.4. The minimum Gasteiger partial charge on any atom is -0.389 e. The number of aliphatic hydroxyl groups excluding tert-OH is 1. The van der Waals surface area contributed by atoms with Crippen molar-refractivity contribution in [2.75, 3.05) is 33.0 Å². The van der Waals surface area contributed by atoms with Gasteiger partial charge in [0.25, 0.3) is 0 Å². The number of nitrogens with one attached hydrogen (secondary N) is 1. The highest BCUT2D eigenvalue weighted by atomic mass is 16.5. The molecule has 0 aromatic rings. The fourth-order valence-electron chi connectivity index (χ4n) is 1.21. The molecule has 0 amide bonds. The SMILES string of the molecule is C=CCC(C)NCC(O)COCCOCC. The second-order valence-corrected chi connectivity index (χ2v) is 3.76. The Morgan fingerprint density at radius 3 is 2.69 bits per heavy atom. The lowest BCUT2D eigenvalue weighted by atomic mass is 10.2. The zero-order valence-corrected chi connectivity index (χ0v) is 10.4. The number of hydrogen-bond acceptors (Lipinski definition) is 4. The summed E-state index contributed by atoms with van der Waals surface area (Å²) < 4.78 is 10.4. The van der Waals surface area contributed by atoms with Gasteiger partial charge in [-0.2, -0.15) is 0 Å². The molecule has 0 saturated carbocycles. The summed E-state index contributed by atoms with van der Waals surface area (Å²) in [5, 5.41) is 12.8. The summed E-state index contributed by atoms with van der Waals surface area (Å²) in [5.41, 5.74) is 0. The van der Waals surface area contributed by atoms with Gasteiger partial charge in [0.2, 0.25) is 0 Å². The Morgan fingerprint density at radius 2 is 2.06 bits per heavy atom. The molecule has 0 aromatic heterocycles. The zero-order valence-electron chi connectivity index (χ0n) is 10.4. The van der Waals surface area contributed by atoms with Gasteiger partial charge in [0.15, 0.2) is 0 Å². The second kappa shape index (κ2) is 11.1. The van der Waals surface area contributed by atoms with Crippen LogP contribution < -0.4 is 5.32 Å². The van der Waals surface area contributed by atoms with Crippen molar-refractivity contribution >= 4 is 0 Å². The third-order valence-corrected chi connectivity index (χ3v) is 2.11. The molecule has 0 aliphatic heterocycles. The van der Waals surface area contributed by atoms with Crippen LogP contribution in [0, 0.1) is 0 Å². The normalized spacial score (nSPS) is 14.7. The summed E-state index contributed by atoms with van der Waals surface area (Å²) in [5.74, 6) is 0. The molecule has 16 heavy (non-hydrogen) atoms. The van der Waals surface area contributed by atoms with Crippen LogP contribution in [0.25, 0.3) is 0 Å². The van der Waals surface area contributed by atoms with Crippen molar-refractivity contribution in [2.24, 2.45) is 0 Å². The van der Waals surface area contributed by atoms with Crippen LogP contribution >= 0.6 is 0 Å². The van der Waals surface area contributed by atoms with Gasteiger partial charge in [0.05, 0.1) is 25.9 Å². The van der Waals surface area contributed by atoms with Crippen molar-refractivity contribution < 1.29 is 14.6 Å². The van der Waals surface area contributed by atoms with Gasteiger partial charge in [-0.25, -0.2) is 0 Å². The fourth-order valence-corrected chi connectivity index (χ4v) is 1.21. The molecule has 0 spiro atoms. The van der Waals surface area contributed by atoms with Gasteiger partial charge < -0.3 is 19.9 Å². The molecule has 0 aliphatic carbocycles. The Kier molecular flexibility index (Phi) is 10.8.